The number of ether oxygens (including phenoxy) is 6. The molecule has 0 bridgehead atoms. The van der Waals surface area contributed by atoms with Gasteiger partial charge in [0.2, 0.25) is 0 Å². The van der Waals surface area contributed by atoms with E-state index in [1.54, 1.807) is 44.2 Å². The Labute approximate surface area is 143 Å². The molecule has 0 saturated carbocycles. The SMILES string of the molecule is CC1(C)OC2OC(C3COC(=O)O3)C(OC(=O)c3ccccc3)C2O1. The molecular weight excluding hydrogens is 332 g/mol. The van der Waals surface area contributed by atoms with E-state index < -0.39 is 48.6 Å². The maximum absolute atomic E-state index is 12.5. The second kappa shape index (κ2) is 5.98. The first-order valence-electron chi connectivity index (χ1n) is 8.03. The van der Waals surface area contributed by atoms with Crippen LogP contribution in [0.5, 0.6) is 0 Å². The zero-order valence-corrected chi connectivity index (χ0v) is 13.7. The zero-order chi connectivity index (χ0) is 17.6. The van der Waals surface area contributed by atoms with Gasteiger partial charge in [-0.25, -0.2) is 9.59 Å². The van der Waals surface area contributed by atoms with E-state index >= 15 is 0 Å². The summed E-state index contributed by atoms with van der Waals surface area (Å²) in [5, 5.41) is 0. The Bertz CT molecular complexity index is 672. The number of fused-ring (bicyclic) bond motifs is 1. The molecule has 0 N–H and O–H groups in total. The fourth-order valence-electron chi connectivity index (χ4n) is 3.21. The number of cyclic esters (lactones) is 2. The number of esters is 1. The molecule has 0 spiro atoms. The summed E-state index contributed by atoms with van der Waals surface area (Å²) in [6.45, 7) is 3.52. The molecule has 3 heterocycles. The normalized spacial score (nSPS) is 35.8. The number of carbonyl (C=O) groups is 2. The molecule has 0 aromatic heterocycles. The molecule has 3 aliphatic heterocycles. The topological polar surface area (TPSA) is 89.5 Å². The van der Waals surface area contributed by atoms with Crippen molar-refractivity contribution in [3.05, 3.63) is 35.9 Å². The molecule has 3 aliphatic rings. The lowest BCUT2D eigenvalue weighted by Gasteiger charge is -2.27. The zero-order valence-electron chi connectivity index (χ0n) is 13.7. The van der Waals surface area contributed by atoms with Crippen molar-refractivity contribution in [3.8, 4) is 0 Å². The number of benzene rings is 1. The maximum Gasteiger partial charge on any atom is 0.508 e. The monoisotopic (exact) mass is 350 g/mol. The van der Waals surface area contributed by atoms with Crippen LogP contribution in [0.25, 0.3) is 0 Å². The van der Waals surface area contributed by atoms with E-state index in [0.717, 1.165) is 0 Å². The fourth-order valence-corrected chi connectivity index (χ4v) is 3.21. The smallest absolute Gasteiger partial charge is 0.453 e. The van der Waals surface area contributed by atoms with Crippen molar-refractivity contribution in [2.75, 3.05) is 6.61 Å². The van der Waals surface area contributed by atoms with Crippen LogP contribution in [0.15, 0.2) is 30.3 Å². The van der Waals surface area contributed by atoms with Gasteiger partial charge in [0.25, 0.3) is 0 Å². The molecule has 5 unspecified atom stereocenters. The standard InChI is InChI=1S/C17H18O8/c1-17(2)24-13-12(22-14(18)9-6-4-3-5-7-9)11(23-15(13)25-17)10-8-20-16(19)21-10/h3-7,10-13,15H,8H2,1-2H3. The van der Waals surface area contributed by atoms with Gasteiger partial charge in [-0.05, 0) is 26.0 Å². The van der Waals surface area contributed by atoms with Crippen molar-refractivity contribution in [1.82, 2.24) is 0 Å². The first-order valence-corrected chi connectivity index (χ1v) is 8.03. The molecule has 3 saturated heterocycles. The van der Waals surface area contributed by atoms with Crippen LogP contribution in [-0.2, 0) is 28.4 Å². The predicted octanol–water partition coefficient (Wildman–Crippen LogP) is 1.62. The summed E-state index contributed by atoms with van der Waals surface area (Å²) in [7, 11) is 0. The highest BCUT2D eigenvalue weighted by Crippen LogP contribution is 2.41. The van der Waals surface area contributed by atoms with E-state index in [1.165, 1.54) is 0 Å². The lowest BCUT2D eigenvalue weighted by atomic mass is 10.1. The number of rotatable bonds is 3. The minimum atomic E-state index is -0.861. The lowest BCUT2D eigenvalue weighted by molar-refractivity contribution is -0.223. The van der Waals surface area contributed by atoms with Crippen molar-refractivity contribution in [2.45, 2.75) is 50.3 Å². The molecule has 1 aromatic rings. The van der Waals surface area contributed by atoms with Crippen LogP contribution >= 0.6 is 0 Å². The Morgan fingerprint density at radius 1 is 1.16 bits per heavy atom. The van der Waals surface area contributed by atoms with Gasteiger partial charge < -0.3 is 28.4 Å². The summed E-state index contributed by atoms with van der Waals surface area (Å²) >= 11 is 0. The quantitative estimate of drug-likeness (QED) is 0.760. The molecule has 0 aliphatic carbocycles. The third-order valence-electron chi connectivity index (χ3n) is 4.26. The molecule has 134 valence electrons. The lowest BCUT2D eigenvalue weighted by Crippen LogP contribution is -2.44. The summed E-state index contributed by atoms with van der Waals surface area (Å²) < 4.78 is 32.9. The van der Waals surface area contributed by atoms with Gasteiger partial charge in [-0.1, -0.05) is 18.2 Å². The predicted molar refractivity (Wildman–Crippen MR) is 80.6 cm³/mol. The second-order valence-corrected chi connectivity index (χ2v) is 6.52. The molecule has 0 amide bonds. The summed E-state index contributed by atoms with van der Waals surface area (Å²) in [5.41, 5.74) is 0.405. The highest BCUT2D eigenvalue weighted by molar-refractivity contribution is 5.89. The number of hydrogen-bond acceptors (Lipinski definition) is 8. The molecule has 3 fully saturated rings. The molecular formula is C17H18O8. The van der Waals surface area contributed by atoms with Crippen LogP contribution in [-0.4, -0.2) is 55.2 Å². The van der Waals surface area contributed by atoms with Crippen LogP contribution in [0.1, 0.15) is 24.2 Å². The van der Waals surface area contributed by atoms with Gasteiger partial charge in [-0.3, -0.25) is 0 Å². The highest BCUT2D eigenvalue weighted by atomic mass is 16.9. The molecule has 8 heteroatoms. The fraction of sp³-hybridized carbons (Fsp3) is 0.529. The van der Waals surface area contributed by atoms with Gasteiger partial charge in [0.1, 0.15) is 12.7 Å². The van der Waals surface area contributed by atoms with Crippen molar-refractivity contribution in [3.63, 3.8) is 0 Å². The number of hydrogen-bond donors (Lipinski definition) is 0. The van der Waals surface area contributed by atoms with Gasteiger partial charge in [-0.2, -0.15) is 0 Å². The maximum atomic E-state index is 12.5. The minimum Gasteiger partial charge on any atom is -0.453 e. The number of carbonyl (C=O) groups excluding carboxylic acids is 2. The van der Waals surface area contributed by atoms with E-state index in [0.29, 0.717) is 5.56 Å². The summed E-state index contributed by atoms with van der Waals surface area (Å²) in [6, 6.07) is 8.60. The minimum absolute atomic E-state index is 0.0196. The highest BCUT2D eigenvalue weighted by Gasteiger charge is 2.60. The summed E-state index contributed by atoms with van der Waals surface area (Å²) in [4.78, 5) is 23.7. The van der Waals surface area contributed by atoms with Crippen LogP contribution in [0, 0.1) is 0 Å². The van der Waals surface area contributed by atoms with Gasteiger partial charge in [0, 0.05) is 0 Å². The molecule has 8 nitrogen and oxygen atoms in total. The van der Waals surface area contributed by atoms with E-state index in [1.807, 2.05) is 0 Å². The third-order valence-corrected chi connectivity index (χ3v) is 4.26. The Hall–Kier alpha value is -2.16. The van der Waals surface area contributed by atoms with Crippen LogP contribution in [0.2, 0.25) is 0 Å². The van der Waals surface area contributed by atoms with Crippen LogP contribution < -0.4 is 0 Å². The van der Waals surface area contributed by atoms with E-state index in [4.69, 9.17) is 28.4 Å². The van der Waals surface area contributed by atoms with Gasteiger partial charge >= 0.3 is 12.1 Å². The van der Waals surface area contributed by atoms with Crippen molar-refractivity contribution in [2.24, 2.45) is 0 Å². The average molecular weight is 350 g/mol. The molecule has 5 atom stereocenters. The Morgan fingerprint density at radius 3 is 2.60 bits per heavy atom. The Morgan fingerprint density at radius 2 is 1.92 bits per heavy atom. The van der Waals surface area contributed by atoms with E-state index in [2.05, 4.69) is 0 Å². The van der Waals surface area contributed by atoms with Crippen LogP contribution in [0.4, 0.5) is 4.79 Å². The first kappa shape index (κ1) is 16.3. The van der Waals surface area contributed by atoms with Gasteiger partial charge in [-0.15, -0.1) is 0 Å². The van der Waals surface area contributed by atoms with E-state index in [9.17, 15) is 9.59 Å². The molecule has 1 aromatic carbocycles. The molecule has 25 heavy (non-hydrogen) atoms. The second-order valence-electron chi connectivity index (χ2n) is 6.52. The summed E-state index contributed by atoms with van der Waals surface area (Å²) in [5.74, 6) is -1.38. The van der Waals surface area contributed by atoms with Crippen molar-refractivity contribution < 1.29 is 38.0 Å². The van der Waals surface area contributed by atoms with Crippen molar-refractivity contribution in [1.29, 1.82) is 0 Å². The van der Waals surface area contributed by atoms with E-state index in [-0.39, 0.29) is 6.61 Å². The van der Waals surface area contributed by atoms with Gasteiger partial charge in [0.15, 0.2) is 30.4 Å². The van der Waals surface area contributed by atoms with Crippen LogP contribution in [0.3, 0.4) is 0 Å². The first-order chi connectivity index (χ1) is 11.9. The molecule has 0 radical (unpaired) electrons. The third kappa shape index (κ3) is 3.08. The average Bonchev–Trinajstić information content (AvgIpc) is 3.21. The largest absolute Gasteiger partial charge is 0.508 e. The summed E-state index contributed by atoms with van der Waals surface area (Å²) in [6.07, 6.45) is -4.33. The van der Waals surface area contributed by atoms with Crippen molar-refractivity contribution >= 4 is 12.1 Å². The molecule has 4 rings (SSSR count). The Kier molecular flexibility index (Phi) is 3.90. The Balaban J connectivity index is 1.55. The van der Waals surface area contributed by atoms with Gasteiger partial charge in [0.05, 0.1) is 5.56 Å².